The average molecular weight is 303 g/mol. The lowest BCUT2D eigenvalue weighted by atomic mass is 10.1. The molecule has 0 aliphatic carbocycles. The molecule has 3 heterocycles. The molecule has 5 nitrogen and oxygen atoms in total. The number of nitrogens with one attached hydrogen (secondary N) is 1. The van der Waals surface area contributed by atoms with E-state index in [-0.39, 0.29) is 5.69 Å². The summed E-state index contributed by atoms with van der Waals surface area (Å²) < 4.78 is 0. The number of hydrogen-bond acceptors (Lipinski definition) is 5. The van der Waals surface area contributed by atoms with E-state index in [0.29, 0.717) is 5.82 Å². The fourth-order valence-electron chi connectivity index (χ4n) is 2.49. The molecule has 110 valence electrons. The molecule has 2 aromatic heterocycles. The Bertz CT molecular complexity index is 641. The van der Waals surface area contributed by atoms with Crippen LogP contribution in [0.2, 0.25) is 0 Å². The van der Waals surface area contributed by atoms with Gasteiger partial charge in [0, 0.05) is 31.1 Å². The van der Waals surface area contributed by atoms with E-state index in [4.69, 9.17) is 5.11 Å². The standard InChI is InChI=1S/C15H17N3O2S/c19-15(20)12-2-1-3-14(17-12)16-6-8-18-7-4-13-11(10-18)5-9-21-13/h1-3,5,9H,4,6-8,10H2,(H,16,17)(H,19,20). The first-order valence-electron chi connectivity index (χ1n) is 6.94. The monoisotopic (exact) mass is 303 g/mol. The summed E-state index contributed by atoms with van der Waals surface area (Å²) in [6.07, 6.45) is 1.12. The molecule has 0 unspecified atom stereocenters. The maximum absolute atomic E-state index is 10.9. The van der Waals surface area contributed by atoms with Gasteiger partial charge in [-0.25, -0.2) is 9.78 Å². The normalized spacial score (nSPS) is 14.7. The van der Waals surface area contributed by atoms with Gasteiger partial charge < -0.3 is 10.4 Å². The van der Waals surface area contributed by atoms with Crippen molar-refractivity contribution in [3.05, 3.63) is 45.8 Å². The number of aromatic nitrogens is 1. The zero-order chi connectivity index (χ0) is 14.7. The molecule has 2 aromatic rings. The van der Waals surface area contributed by atoms with Crippen molar-refractivity contribution in [3.8, 4) is 0 Å². The van der Waals surface area contributed by atoms with Crippen LogP contribution in [0.4, 0.5) is 5.82 Å². The van der Waals surface area contributed by atoms with Crippen LogP contribution >= 0.6 is 11.3 Å². The predicted octanol–water partition coefficient (Wildman–Crippen LogP) is 2.31. The van der Waals surface area contributed by atoms with Crippen LogP contribution in [0.3, 0.4) is 0 Å². The van der Waals surface area contributed by atoms with Crippen LogP contribution in [0.15, 0.2) is 29.6 Å². The molecule has 1 aliphatic heterocycles. The lowest BCUT2D eigenvalue weighted by Gasteiger charge is -2.26. The maximum Gasteiger partial charge on any atom is 0.354 e. The molecule has 2 N–H and O–H groups in total. The Morgan fingerprint density at radius 1 is 1.43 bits per heavy atom. The SMILES string of the molecule is O=C(O)c1cccc(NCCN2CCc3sccc3C2)n1. The molecule has 0 fully saturated rings. The van der Waals surface area contributed by atoms with E-state index in [0.717, 1.165) is 32.6 Å². The molecule has 0 atom stereocenters. The summed E-state index contributed by atoms with van der Waals surface area (Å²) in [6, 6.07) is 7.20. The van der Waals surface area contributed by atoms with E-state index in [9.17, 15) is 4.79 Å². The third-order valence-corrected chi connectivity index (χ3v) is 4.61. The smallest absolute Gasteiger partial charge is 0.354 e. The second kappa shape index (κ2) is 6.24. The number of aromatic carboxylic acids is 1. The highest BCUT2D eigenvalue weighted by Crippen LogP contribution is 2.23. The van der Waals surface area contributed by atoms with Gasteiger partial charge in [-0.2, -0.15) is 0 Å². The largest absolute Gasteiger partial charge is 0.477 e. The van der Waals surface area contributed by atoms with Crippen molar-refractivity contribution in [1.29, 1.82) is 0 Å². The number of hydrogen-bond donors (Lipinski definition) is 2. The highest BCUT2D eigenvalue weighted by Gasteiger charge is 2.16. The first kappa shape index (κ1) is 14.0. The summed E-state index contributed by atoms with van der Waals surface area (Å²) in [5.41, 5.74) is 1.51. The minimum absolute atomic E-state index is 0.0703. The Morgan fingerprint density at radius 2 is 2.33 bits per heavy atom. The van der Waals surface area contributed by atoms with Crippen LogP contribution in [0.1, 0.15) is 20.9 Å². The molecule has 0 radical (unpaired) electrons. The van der Waals surface area contributed by atoms with Gasteiger partial charge in [-0.1, -0.05) is 6.07 Å². The maximum atomic E-state index is 10.9. The van der Waals surface area contributed by atoms with Crippen LogP contribution in [-0.2, 0) is 13.0 Å². The number of pyridine rings is 1. The first-order valence-corrected chi connectivity index (χ1v) is 7.82. The van der Waals surface area contributed by atoms with E-state index < -0.39 is 5.97 Å². The van der Waals surface area contributed by atoms with Crippen LogP contribution in [0.5, 0.6) is 0 Å². The number of nitrogens with zero attached hydrogens (tertiary/aromatic N) is 2. The van der Waals surface area contributed by atoms with Gasteiger partial charge >= 0.3 is 5.97 Å². The number of carbonyl (C=O) groups is 1. The molecule has 1 aliphatic rings. The van der Waals surface area contributed by atoms with Gasteiger partial charge in [0.05, 0.1) is 0 Å². The number of anilines is 1. The third-order valence-electron chi connectivity index (χ3n) is 3.59. The second-order valence-corrected chi connectivity index (χ2v) is 6.04. The molecule has 21 heavy (non-hydrogen) atoms. The molecule has 0 bridgehead atoms. The van der Waals surface area contributed by atoms with Crippen molar-refractivity contribution in [1.82, 2.24) is 9.88 Å². The fraction of sp³-hybridized carbons (Fsp3) is 0.333. The summed E-state index contributed by atoms with van der Waals surface area (Å²) in [7, 11) is 0. The number of rotatable bonds is 5. The number of fused-ring (bicyclic) bond motifs is 1. The van der Waals surface area contributed by atoms with Crippen molar-refractivity contribution >= 4 is 23.1 Å². The van der Waals surface area contributed by atoms with Gasteiger partial charge in [0.2, 0.25) is 0 Å². The molecular weight excluding hydrogens is 286 g/mol. The van der Waals surface area contributed by atoms with Crippen molar-refractivity contribution in [2.75, 3.05) is 25.0 Å². The Morgan fingerprint density at radius 3 is 3.19 bits per heavy atom. The van der Waals surface area contributed by atoms with Crippen LogP contribution in [-0.4, -0.2) is 40.6 Å². The van der Waals surface area contributed by atoms with Crippen molar-refractivity contribution in [3.63, 3.8) is 0 Å². The zero-order valence-electron chi connectivity index (χ0n) is 11.6. The van der Waals surface area contributed by atoms with Crippen LogP contribution in [0.25, 0.3) is 0 Å². The minimum atomic E-state index is -1.00. The van der Waals surface area contributed by atoms with E-state index in [1.165, 1.54) is 16.5 Å². The fourth-order valence-corrected chi connectivity index (χ4v) is 3.38. The summed E-state index contributed by atoms with van der Waals surface area (Å²) in [5.74, 6) is -0.386. The summed E-state index contributed by atoms with van der Waals surface area (Å²) in [6.45, 7) is 3.77. The van der Waals surface area contributed by atoms with Crippen molar-refractivity contribution in [2.45, 2.75) is 13.0 Å². The minimum Gasteiger partial charge on any atom is -0.477 e. The summed E-state index contributed by atoms with van der Waals surface area (Å²) in [4.78, 5) is 18.8. The predicted molar refractivity (Wildman–Crippen MR) is 83.0 cm³/mol. The molecule has 3 rings (SSSR count). The number of carboxylic acids is 1. The molecular formula is C15H17N3O2S. The zero-order valence-corrected chi connectivity index (χ0v) is 12.4. The molecule has 0 spiro atoms. The van der Waals surface area contributed by atoms with Gasteiger partial charge in [0.1, 0.15) is 5.82 Å². The quantitative estimate of drug-likeness (QED) is 0.887. The first-order chi connectivity index (χ1) is 10.2. The lowest BCUT2D eigenvalue weighted by molar-refractivity contribution is 0.0690. The van der Waals surface area contributed by atoms with Crippen molar-refractivity contribution in [2.24, 2.45) is 0 Å². The summed E-state index contributed by atoms with van der Waals surface area (Å²) >= 11 is 1.84. The molecule has 0 aromatic carbocycles. The van der Waals surface area contributed by atoms with Crippen LogP contribution in [0, 0.1) is 0 Å². The Balaban J connectivity index is 1.51. The highest BCUT2D eigenvalue weighted by atomic mass is 32.1. The van der Waals surface area contributed by atoms with E-state index in [2.05, 4.69) is 26.6 Å². The average Bonchev–Trinajstić information content (AvgIpc) is 2.95. The van der Waals surface area contributed by atoms with Crippen molar-refractivity contribution < 1.29 is 9.90 Å². The number of thiophene rings is 1. The van der Waals surface area contributed by atoms with Crippen LogP contribution < -0.4 is 5.32 Å². The lowest BCUT2D eigenvalue weighted by Crippen LogP contribution is -2.33. The van der Waals surface area contributed by atoms with Gasteiger partial charge in [-0.3, -0.25) is 4.90 Å². The van der Waals surface area contributed by atoms with E-state index in [1.54, 1.807) is 12.1 Å². The Kier molecular flexibility index (Phi) is 4.17. The second-order valence-electron chi connectivity index (χ2n) is 5.04. The topological polar surface area (TPSA) is 65.5 Å². The van der Waals surface area contributed by atoms with E-state index >= 15 is 0 Å². The molecule has 0 amide bonds. The number of carboxylic acid groups (broad SMARTS) is 1. The molecule has 6 heteroatoms. The van der Waals surface area contributed by atoms with Gasteiger partial charge in [-0.05, 0) is 35.6 Å². The molecule has 0 saturated heterocycles. The molecule has 0 saturated carbocycles. The third kappa shape index (κ3) is 3.40. The summed E-state index contributed by atoms with van der Waals surface area (Å²) in [5, 5.41) is 14.3. The van der Waals surface area contributed by atoms with Gasteiger partial charge in [0.25, 0.3) is 0 Å². The Hall–Kier alpha value is -1.92. The Labute approximate surface area is 127 Å². The van der Waals surface area contributed by atoms with Gasteiger partial charge in [0.15, 0.2) is 5.69 Å². The highest BCUT2D eigenvalue weighted by molar-refractivity contribution is 7.10. The van der Waals surface area contributed by atoms with E-state index in [1.807, 2.05) is 11.3 Å². The van der Waals surface area contributed by atoms with Gasteiger partial charge in [-0.15, -0.1) is 11.3 Å².